The molecule has 4 heteroatoms. The van der Waals surface area contributed by atoms with E-state index in [1.165, 1.54) is 10.9 Å². The van der Waals surface area contributed by atoms with Gasteiger partial charge in [-0.2, -0.15) is 0 Å². The molecule has 106 valence electrons. The minimum atomic E-state index is 0.641. The maximum Gasteiger partial charge on any atom is 0.203 e. The van der Waals surface area contributed by atoms with E-state index in [-0.39, 0.29) is 0 Å². The highest BCUT2D eigenvalue weighted by Crippen LogP contribution is 2.39. The summed E-state index contributed by atoms with van der Waals surface area (Å²) < 4.78 is 16.1. The second kappa shape index (κ2) is 7.16. The van der Waals surface area contributed by atoms with Crippen molar-refractivity contribution in [2.24, 2.45) is 0 Å². The summed E-state index contributed by atoms with van der Waals surface area (Å²) in [6, 6.07) is 14.5. The zero-order valence-electron chi connectivity index (χ0n) is 12.0. The third-order valence-corrected chi connectivity index (χ3v) is 4.32. The third-order valence-electron chi connectivity index (χ3n) is 2.99. The van der Waals surface area contributed by atoms with Crippen molar-refractivity contribution in [2.45, 2.75) is 6.16 Å². The summed E-state index contributed by atoms with van der Waals surface area (Å²) in [5.41, 5.74) is 1.18. The van der Waals surface area contributed by atoms with Gasteiger partial charge in [-0.1, -0.05) is 38.9 Å². The van der Waals surface area contributed by atoms with Gasteiger partial charge in [0.1, 0.15) is 0 Å². The first-order valence-corrected chi connectivity index (χ1v) is 7.57. The van der Waals surface area contributed by atoms with Crippen LogP contribution in [0.25, 0.3) is 0 Å². The summed E-state index contributed by atoms with van der Waals surface area (Å²) in [6.07, 6.45) is 0.959. The lowest BCUT2D eigenvalue weighted by Crippen LogP contribution is -1.97. The van der Waals surface area contributed by atoms with Crippen molar-refractivity contribution >= 4 is 13.9 Å². The number of methoxy groups -OCH3 is 3. The van der Waals surface area contributed by atoms with Gasteiger partial charge in [0.15, 0.2) is 11.5 Å². The van der Waals surface area contributed by atoms with Crippen molar-refractivity contribution in [1.29, 1.82) is 0 Å². The SMILES string of the molecule is COc1cc(CPc2ccccc2)cc(OC)c1OC. The normalized spacial score (nSPS) is 10.8. The van der Waals surface area contributed by atoms with Crippen LogP contribution in [-0.2, 0) is 6.16 Å². The number of ether oxygens (including phenoxy) is 3. The molecular formula is C16H19O3P. The molecule has 0 saturated heterocycles. The maximum absolute atomic E-state index is 5.37. The fourth-order valence-corrected chi connectivity index (χ4v) is 3.04. The first-order chi connectivity index (χ1) is 9.78. The topological polar surface area (TPSA) is 27.7 Å². The predicted octanol–water partition coefficient (Wildman–Crippen LogP) is 3.22. The van der Waals surface area contributed by atoms with E-state index in [4.69, 9.17) is 14.2 Å². The zero-order valence-corrected chi connectivity index (χ0v) is 13.0. The molecule has 1 atom stereocenters. The molecule has 2 aromatic carbocycles. The highest BCUT2D eigenvalue weighted by atomic mass is 31.1. The smallest absolute Gasteiger partial charge is 0.203 e. The van der Waals surface area contributed by atoms with Gasteiger partial charge in [-0.25, -0.2) is 0 Å². The Labute approximate surface area is 121 Å². The second-order valence-electron chi connectivity index (χ2n) is 4.25. The van der Waals surface area contributed by atoms with Gasteiger partial charge in [-0.05, 0) is 29.2 Å². The van der Waals surface area contributed by atoms with Crippen LogP contribution in [0.15, 0.2) is 42.5 Å². The second-order valence-corrected chi connectivity index (χ2v) is 5.54. The van der Waals surface area contributed by atoms with Gasteiger partial charge in [0.05, 0.1) is 21.3 Å². The summed E-state index contributed by atoms with van der Waals surface area (Å²) in [7, 11) is 5.62. The maximum atomic E-state index is 5.37. The van der Waals surface area contributed by atoms with Crippen molar-refractivity contribution in [3.8, 4) is 17.2 Å². The molecule has 0 fully saturated rings. The number of rotatable bonds is 6. The molecule has 0 saturated carbocycles. The Balaban J connectivity index is 2.19. The standard InChI is InChI=1S/C16H19O3P/c1-17-14-9-12(10-15(18-2)16(14)19-3)11-20-13-7-5-4-6-8-13/h4-10,20H,11H2,1-3H3. The van der Waals surface area contributed by atoms with Gasteiger partial charge in [-0.3, -0.25) is 0 Å². The van der Waals surface area contributed by atoms with Crippen molar-refractivity contribution in [3.05, 3.63) is 48.0 Å². The first kappa shape index (κ1) is 14.7. The van der Waals surface area contributed by atoms with Gasteiger partial charge < -0.3 is 14.2 Å². The van der Waals surface area contributed by atoms with Crippen LogP contribution in [0.3, 0.4) is 0 Å². The molecule has 0 aromatic heterocycles. The van der Waals surface area contributed by atoms with Crippen LogP contribution in [0.1, 0.15) is 5.56 Å². The van der Waals surface area contributed by atoms with Crippen LogP contribution in [0.5, 0.6) is 17.2 Å². The monoisotopic (exact) mass is 290 g/mol. The van der Waals surface area contributed by atoms with Gasteiger partial charge >= 0.3 is 0 Å². The Morgan fingerprint density at radius 3 is 1.95 bits per heavy atom. The summed E-state index contributed by atoms with van der Waals surface area (Å²) in [5, 5.41) is 1.35. The van der Waals surface area contributed by atoms with E-state index in [0.29, 0.717) is 17.2 Å². The van der Waals surface area contributed by atoms with Crippen LogP contribution >= 0.6 is 8.58 Å². The molecule has 2 aromatic rings. The highest BCUT2D eigenvalue weighted by Gasteiger charge is 2.12. The Morgan fingerprint density at radius 2 is 1.45 bits per heavy atom. The van der Waals surface area contributed by atoms with E-state index in [9.17, 15) is 0 Å². The van der Waals surface area contributed by atoms with E-state index in [1.807, 2.05) is 18.2 Å². The Kier molecular flexibility index (Phi) is 5.25. The van der Waals surface area contributed by atoms with Crippen molar-refractivity contribution in [1.82, 2.24) is 0 Å². The molecular weight excluding hydrogens is 271 g/mol. The summed E-state index contributed by atoms with van der Waals surface area (Å²) in [4.78, 5) is 0. The molecule has 3 nitrogen and oxygen atoms in total. The largest absolute Gasteiger partial charge is 0.493 e. The van der Waals surface area contributed by atoms with Gasteiger partial charge in [0.25, 0.3) is 0 Å². The molecule has 0 bridgehead atoms. The molecule has 0 amide bonds. The van der Waals surface area contributed by atoms with E-state index in [2.05, 4.69) is 24.3 Å². The predicted molar refractivity (Wildman–Crippen MR) is 84.2 cm³/mol. The summed E-state index contributed by atoms with van der Waals surface area (Å²) in [6.45, 7) is 0. The first-order valence-electron chi connectivity index (χ1n) is 6.36. The highest BCUT2D eigenvalue weighted by molar-refractivity contribution is 7.46. The Hall–Kier alpha value is -1.73. The lowest BCUT2D eigenvalue weighted by molar-refractivity contribution is 0.324. The zero-order chi connectivity index (χ0) is 14.4. The van der Waals surface area contributed by atoms with Crippen molar-refractivity contribution < 1.29 is 14.2 Å². The molecule has 0 N–H and O–H groups in total. The molecule has 0 heterocycles. The van der Waals surface area contributed by atoms with Crippen LogP contribution in [0.2, 0.25) is 0 Å². The fourth-order valence-electron chi connectivity index (χ4n) is 2.00. The number of hydrogen-bond acceptors (Lipinski definition) is 3. The quantitative estimate of drug-likeness (QED) is 0.765. The van der Waals surface area contributed by atoms with Crippen molar-refractivity contribution in [3.63, 3.8) is 0 Å². The molecule has 0 radical (unpaired) electrons. The van der Waals surface area contributed by atoms with E-state index in [1.54, 1.807) is 21.3 Å². The van der Waals surface area contributed by atoms with E-state index in [0.717, 1.165) is 14.7 Å². The molecule has 0 aliphatic carbocycles. The minimum Gasteiger partial charge on any atom is -0.493 e. The number of benzene rings is 2. The molecule has 0 aliphatic rings. The van der Waals surface area contributed by atoms with Crippen LogP contribution < -0.4 is 19.5 Å². The molecule has 1 unspecified atom stereocenters. The fraction of sp³-hybridized carbons (Fsp3) is 0.250. The van der Waals surface area contributed by atoms with Crippen LogP contribution in [0.4, 0.5) is 0 Å². The molecule has 0 aliphatic heterocycles. The lowest BCUT2D eigenvalue weighted by Gasteiger charge is -2.14. The molecule has 0 spiro atoms. The third kappa shape index (κ3) is 3.43. The summed E-state index contributed by atoms with van der Waals surface area (Å²) in [5.74, 6) is 2.06. The summed E-state index contributed by atoms with van der Waals surface area (Å²) >= 11 is 0. The van der Waals surface area contributed by atoms with E-state index >= 15 is 0 Å². The van der Waals surface area contributed by atoms with Crippen molar-refractivity contribution in [2.75, 3.05) is 21.3 Å². The van der Waals surface area contributed by atoms with Crippen LogP contribution in [0, 0.1) is 0 Å². The lowest BCUT2D eigenvalue weighted by atomic mass is 10.2. The van der Waals surface area contributed by atoms with Gasteiger partial charge in [-0.15, -0.1) is 0 Å². The Morgan fingerprint density at radius 1 is 0.850 bits per heavy atom. The van der Waals surface area contributed by atoms with E-state index < -0.39 is 0 Å². The molecule has 2 rings (SSSR count). The number of hydrogen-bond donors (Lipinski definition) is 0. The van der Waals surface area contributed by atoms with Gasteiger partial charge in [0.2, 0.25) is 5.75 Å². The average Bonchev–Trinajstić information content (AvgIpc) is 2.52. The van der Waals surface area contributed by atoms with Crippen LogP contribution in [-0.4, -0.2) is 21.3 Å². The van der Waals surface area contributed by atoms with Gasteiger partial charge in [0, 0.05) is 0 Å². The Bertz CT molecular complexity index is 530. The average molecular weight is 290 g/mol. The molecule has 20 heavy (non-hydrogen) atoms. The minimum absolute atomic E-state index is 0.641.